The first kappa shape index (κ1) is 20.6. The fourth-order valence-corrected chi connectivity index (χ4v) is 4.59. The molecule has 2 atom stereocenters. The van der Waals surface area contributed by atoms with Gasteiger partial charge in [0.2, 0.25) is 11.1 Å². The number of nitrogens with one attached hydrogen (secondary N) is 2. The number of ether oxygens (including phenoxy) is 1. The zero-order chi connectivity index (χ0) is 21.1. The van der Waals surface area contributed by atoms with Crippen LogP contribution in [0.5, 0.6) is 5.75 Å². The minimum atomic E-state index is -0.471. The lowest BCUT2D eigenvalue weighted by atomic mass is 10.0. The maximum atomic E-state index is 13.3. The Morgan fingerprint density at radius 1 is 1.23 bits per heavy atom. The van der Waals surface area contributed by atoms with Gasteiger partial charge < -0.3 is 15.5 Å². The number of carbonyl (C=O) groups is 1. The summed E-state index contributed by atoms with van der Waals surface area (Å²) in [5.41, 5.74) is 4.99. The summed E-state index contributed by atoms with van der Waals surface area (Å²) in [5.74, 6) is 1.45. The van der Waals surface area contributed by atoms with E-state index < -0.39 is 5.25 Å². The van der Waals surface area contributed by atoms with Gasteiger partial charge in [-0.2, -0.15) is 0 Å². The van der Waals surface area contributed by atoms with Gasteiger partial charge in [0.05, 0.1) is 23.9 Å². The lowest BCUT2D eigenvalue weighted by Crippen LogP contribution is -2.41. The molecule has 0 saturated heterocycles. The molecule has 0 aliphatic carbocycles. The highest BCUT2D eigenvalue weighted by Gasteiger charge is 2.38. The van der Waals surface area contributed by atoms with E-state index >= 15 is 0 Å². The smallest absolute Gasteiger partial charge is 0.240 e. The average Bonchev–Trinajstić information content (AvgIpc) is 3.16. The van der Waals surface area contributed by atoms with E-state index in [4.69, 9.17) is 16.3 Å². The van der Waals surface area contributed by atoms with Crippen LogP contribution >= 0.6 is 23.4 Å². The number of fused-ring (bicyclic) bond motifs is 1. The number of rotatable bonds is 6. The predicted molar refractivity (Wildman–Crippen MR) is 119 cm³/mol. The molecule has 2 N–H and O–H groups in total. The van der Waals surface area contributed by atoms with Gasteiger partial charge in [0.1, 0.15) is 11.0 Å². The molecule has 1 amide bonds. The van der Waals surface area contributed by atoms with Gasteiger partial charge in [-0.1, -0.05) is 54.6 Å². The number of thioether (sulfide) groups is 1. The number of benzene rings is 2. The molecule has 7 nitrogen and oxygen atoms in total. The van der Waals surface area contributed by atoms with E-state index in [0.717, 1.165) is 30.0 Å². The summed E-state index contributed by atoms with van der Waals surface area (Å²) in [5, 5.41) is 12.2. The Bertz CT molecular complexity index is 1040. The number of hydrogen-bond acceptors (Lipinski definition) is 6. The van der Waals surface area contributed by atoms with E-state index in [1.54, 1.807) is 19.2 Å². The van der Waals surface area contributed by atoms with Crippen molar-refractivity contribution in [2.24, 2.45) is 0 Å². The number of aromatic nitrogens is 3. The number of nitrogens with zero attached hydrogens (tertiary/aromatic N) is 3. The van der Waals surface area contributed by atoms with E-state index in [1.165, 1.54) is 11.8 Å². The minimum absolute atomic E-state index is 0.160. The number of amides is 1. The van der Waals surface area contributed by atoms with Crippen LogP contribution in [0.25, 0.3) is 0 Å². The second-order valence-corrected chi connectivity index (χ2v) is 8.39. The summed E-state index contributed by atoms with van der Waals surface area (Å²) in [4.78, 5) is 13.3. The Morgan fingerprint density at radius 2 is 2.00 bits per heavy atom. The number of hydrogen-bond donors (Lipinski definition) is 2. The fourth-order valence-electron chi connectivity index (χ4n) is 3.31. The summed E-state index contributed by atoms with van der Waals surface area (Å²) in [7, 11) is 1.63. The molecular weight excluding hydrogens is 422 g/mol. The van der Waals surface area contributed by atoms with Crippen LogP contribution in [0.2, 0.25) is 5.02 Å². The summed E-state index contributed by atoms with van der Waals surface area (Å²) in [6.07, 6.45) is 1.75. The van der Waals surface area contributed by atoms with Gasteiger partial charge in [0.25, 0.3) is 0 Å². The van der Waals surface area contributed by atoms with Crippen molar-refractivity contribution in [3.63, 3.8) is 0 Å². The van der Waals surface area contributed by atoms with E-state index in [1.807, 2.05) is 41.1 Å². The lowest BCUT2D eigenvalue weighted by Gasteiger charge is -2.33. The van der Waals surface area contributed by atoms with Crippen molar-refractivity contribution < 1.29 is 9.53 Å². The quantitative estimate of drug-likeness (QED) is 0.591. The highest BCUT2D eigenvalue weighted by molar-refractivity contribution is 8.00. The molecule has 0 saturated carbocycles. The van der Waals surface area contributed by atoms with Gasteiger partial charge in [-0.25, -0.2) is 4.68 Å². The second-order valence-electron chi connectivity index (χ2n) is 6.87. The van der Waals surface area contributed by atoms with Crippen LogP contribution in [0.15, 0.2) is 53.7 Å². The zero-order valence-corrected chi connectivity index (χ0v) is 18.2. The molecule has 156 valence electrons. The molecule has 1 aliphatic rings. The Balaban J connectivity index is 1.67. The first-order valence-electron chi connectivity index (χ1n) is 9.67. The monoisotopic (exact) mass is 443 g/mol. The topological polar surface area (TPSA) is 81.1 Å². The van der Waals surface area contributed by atoms with Crippen molar-refractivity contribution in [1.29, 1.82) is 0 Å². The molecule has 4 rings (SSSR count). The van der Waals surface area contributed by atoms with Crippen LogP contribution in [0.1, 0.15) is 30.8 Å². The highest BCUT2D eigenvalue weighted by Crippen LogP contribution is 2.38. The van der Waals surface area contributed by atoms with E-state index in [0.29, 0.717) is 15.9 Å². The van der Waals surface area contributed by atoms with E-state index in [2.05, 4.69) is 27.9 Å². The molecule has 2 heterocycles. The molecule has 30 heavy (non-hydrogen) atoms. The van der Waals surface area contributed by atoms with Gasteiger partial charge in [-0.3, -0.25) is 4.79 Å². The van der Waals surface area contributed by atoms with Gasteiger partial charge >= 0.3 is 0 Å². The maximum absolute atomic E-state index is 13.3. The third-order valence-electron chi connectivity index (χ3n) is 4.84. The van der Waals surface area contributed by atoms with Crippen molar-refractivity contribution in [1.82, 2.24) is 14.9 Å². The Hall–Kier alpha value is -2.71. The largest absolute Gasteiger partial charge is 0.497 e. The number of carbonyl (C=O) groups excluding carboxylic acids is 1. The normalized spacial score (nSPS) is 17.7. The molecule has 0 fully saturated rings. The van der Waals surface area contributed by atoms with Crippen molar-refractivity contribution >= 4 is 35.0 Å². The van der Waals surface area contributed by atoms with Crippen LogP contribution in [0.3, 0.4) is 0 Å². The van der Waals surface area contributed by atoms with Crippen LogP contribution in [-0.4, -0.2) is 33.1 Å². The number of methoxy groups -OCH3 is 1. The summed E-state index contributed by atoms with van der Waals surface area (Å²) in [6, 6.07) is 14.6. The molecule has 2 aromatic carbocycles. The molecule has 0 radical (unpaired) electrons. The molecule has 0 bridgehead atoms. The molecule has 3 aromatic rings. The Labute approximate surface area is 184 Å². The number of halogens is 1. The molecular formula is C21H22ClN5O2S. The molecule has 2 unspecified atom stereocenters. The van der Waals surface area contributed by atoms with Crippen LogP contribution in [-0.2, 0) is 11.2 Å². The van der Waals surface area contributed by atoms with Crippen LogP contribution < -0.4 is 15.5 Å². The summed E-state index contributed by atoms with van der Waals surface area (Å²) < 4.78 is 7.16. The SMILES string of the molecule is CCCc1nnc2n1NC(c1ccc(OC)cc1)C(C(=O)Nc1ccccc1Cl)S2. The number of aryl methyl sites for hydroxylation is 1. The molecule has 0 spiro atoms. The molecule has 1 aromatic heterocycles. The lowest BCUT2D eigenvalue weighted by molar-refractivity contribution is -0.116. The standard InChI is InChI=1S/C21H22ClN5O2S/c1-3-6-17-24-25-21-27(17)26-18(13-9-11-14(29-2)12-10-13)19(30-21)20(28)23-16-8-5-4-7-15(16)22/h4-5,7-12,18-19,26H,3,6H2,1-2H3,(H,23,28). The molecule has 1 aliphatic heterocycles. The first-order valence-corrected chi connectivity index (χ1v) is 10.9. The Kier molecular flexibility index (Phi) is 6.15. The van der Waals surface area contributed by atoms with Gasteiger partial charge in [-0.05, 0) is 36.2 Å². The fraction of sp³-hybridized carbons (Fsp3) is 0.286. The second kappa shape index (κ2) is 8.97. The predicted octanol–water partition coefficient (Wildman–Crippen LogP) is 4.29. The minimum Gasteiger partial charge on any atom is -0.497 e. The number of anilines is 1. The third-order valence-corrected chi connectivity index (χ3v) is 6.39. The third kappa shape index (κ3) is 4.11. The van der Waals surface area contributed by atoms with Crippen molar-refractivity contribution in [3.8, 4) is 5.75 Å². The summed E-state index contributed by atoms with van der Waals surface area (Å²) in [6.45, 7) is 2.10. The van der Waals surface area contributed by atoms with E-state index in [9.17, 15) is 4.79 Å². The van der Waals surface area contributed by atoms with Crippen molar-refractivity contribution in [2.45, 2.75) is 36.2 Å². The highest BCUT2D eigenvalue weighted by atomic mass is 35.5. The van der Waals surface area contributed by atoms with Gasteiger partial charge in [0, 0.05) is 6.42 Å². The Morgan fingerprint density at radius 3 is 2.70 bits per heavy atom. The average molecular weight is 444 g/mol. The molecule has 9 heteroatoms. The van der Waals surface area contributed by atoms with Crippen LogP contribution in [0.4, 0.5) is 5.69 Å². The summed E-state index contributed by atoms with van der Waals surface area (Å²) >= 11 is 7.63. The van der Waals surface area contributed by atoms with Gasteiger partial charge in [-0.15, -0.1) is 10.2 Å². The van der Waals surface area contributed by atoms with Crippen molar-refractivity contribution in [3.05, 3.63) is 64.9 Å². The zero-order valence-electron chi connectivity index (χ0n) is 16.6. The first-order chi connectivity index (χ1) is 14.6. The maximum Gasteiger partial charge on any atom is 0.240 e. The van der Waals surface area contributed by atoms with E-state index in [-0.39, 0.29) is 11.9 Å². The van der Waals surface area contributed by atoms with Crippen molar-refractivity contribution in [2.75, 3.05) is 17.9 Å². The number of para-hydroxylation sites is 1. The van der Waals surface area contributed by atoms with Crippen LogP contribution in [0, 0.1) is 0 Å². The van der Waals surface area contributed by atoms with Gasteiger partial charge in [0.15, 0.2) is 5.82 Å².